The third-order valence-electron chi connectivity index (χ3n) is 6.28. The third kappa shape index (κ3) is 7.06. The molecule has 166 valence electrons. The first-order valence-corrected chi connectivity index (χ1v) is 12.6. The summed E-state index contributed by atoms with van der Waals surface area (Å²) in [5.41, 5.74) is 2.01. The van der Waals surface area contributed by atoms with Gasteiger partial charge < -0.3 is 10.2 Å². The van der Waals surface area contributed by atoms with E-state index in [9.17, 15) is 4.79 Å². The first kappa shape index (κ1) is 22.3. The van der Waals surface area contributed by atoms with E-state index in [1.54, 1.807) is 18.0 Å². The topological polar surface area (TPSA) is 48.5 Å². The maximum Gasteiger partial charge on any atom is 0.253 e. The second kappa shape index (κ2) is 11.7. The molecule has 2 fully saturated rings. The number of rotatable bonds is 8. The van der Waals surface area contributed by atoms with Crippen molar-refractivity contribution < 1.29 is 4.79 Å². The van der Waals surface area contributed by atoms with E-state index in [0.717, 1.165) is 49.8 Å². The number of thioether (sulfide) groups is 1. The quantitative estimate of drug-likeness (QED) is 0.630. The first-order valence-electron chi connectivity index (χ1n) is 11.6. The number of piperidine rings is 2. The molecule has 0 bridgehead atoms. The van der Waals surface area contributed by atoms with Gasteiger partial charge in [-0.25, -0.2) is 4.98 Å². The highest BCUT2D eigenvalue weighted by Gasteiger charge is 2.21. The SMILES string of the molecule is O=C(NC1CCN(Cc2ccccc2)CC1)c1ccc(SCCN2CCCCC2)nc1. The molecular weight excluding hydrogens is 404 g/mol. The second-order valence-electron chi connectivity index (χ2n) is 8.65. The molecular formula is C25H34N4OS. The molecule has 2 aromatic rings. The summed E-state index contributed by atoms with van der Waals surface area (Å²) < 4.78 is 0. The van der Waals surface area contributed by atoms with Gasteiger partial charge in [0.2, 0.25) is 0 Å². The van der Waals surface area contributed by atoms with Crippen LogP contribution >= 0.6 is 11.8 Å². The number of carbonyl (C=O) groups is 1. The van der Waals surface area contributed by atoms with Gasteiger partial charge in [0.1, 0.15) is 0 Å². The van der Waals surface area contributed by atoms with Crippen LogP contribution in [0.2, 0.25) is 0 Å². The number of hydrogen-bond acceptors (Lipinski definition) is 5. The molecule has 1 aromatic heterocycles. The maximum absolute atomic E-state index is 12.6. The smallest absolute Gasteiger partial charge is 0.253 e. The van der Waals surface area contributed by atoms with Crippen molar-refractivity contribution in [3.05, 3.63) is 59.8 Å². The van der Waals surface area contributed by atoms with E-state index in [0.29, 0.717) is 5.56 Å². The van der Waals surface area contributed by atoms with Gasteiger partial charge in [-0.15, -0.1) is 11.8 Å². The number of nitrogens with zero attached hydrogens (tertiary/aromatic N) is 3. The Morgan fingerprint density at radius 1 is 0.968 bits per heavy atom. The minimum absolute atomic E-state index is 0.00104. The lowest BCUT2D eigenvalue weighted by molar-refractivity contribution is 0.0908. The van der Waals surface area contributed by atoms with Crippen LogP contribution in [0.15, 0.2) is 53.7 Å². The van der Waals surface area contributed by atoms with Crippen molar-refractivity contribution in [3.8, 4) is 0 Å². The predicted molar refractivity (Wildman–Crippen MR) is 127 cm³/mol. The number of benzene rings is 1. The van der Waals surface area contributed by atoms with Gasteiger partial charge in [-0.3, -0.25) is 9.69 Å². The Kier molecular flexibility index (Phi) is 8.38. The zero-order chi connectivity index (χ0) is 21.3. The molecule has 6 heteroatoms. The zero-order valence-corrected chi connectivity index (χ0v) is 19.2. The largest absolute Gasteiger partial charge is 0.349 e. The fourth-order valence-electron chi connectivity index (χ4n) is 4.41. The molecule has 2 aliphatic heterocycles. The van der Waals surface area contributed by atoms with Gasteiger partial charge >= 0.3 is 0 Å². The Morgan fingerprint density at radius 3 is 2.45 bits per heavy atom. The molecule has 1 aromatic carbocycles. The van der Waals surface area contributed by atoms with Crippen LogP contribution in [0.25, 0.3) is 0 Å². The Bertz CT molecular complexity index is 800. The van der Waals surface area contributed by atoms with Crippen molar-refractivity contribution in [2.24, 2.45) is 0 Å². The van der Waals surface area contributed by atoms with Crippen molar-refractivity contribution >= 4 is 17.7 Å². The van der Waals surface area contributed by atoms with Crippen LogP contribution < -0.4 is 5.32 Å². The average Bonchev–Trinajstić information content (AvgIpc) is 2.82. The van der Waals surface area contributed by atoms with Crippen molar-refractivity contribution in [1.82, 2.24) is 20.1 Å². The molecule has 1 amide bonds. The highest BCUT2D eigenvalue weighted by molar-refractivity contribution is 7.99. The summed E-state index contributed by atoms with van der Waals surface area (Å²) in [6, 6.07) is 14.7. The lowest BCUT2D eigenvalue weighted by atomic mass is 10.0. The van der Waals surface area contributed by atoms with E-state index >= 15 is 0 Å². The highest BCUT2D eigenvalue weighted by atomic mass is 32.2. The Balaban J connectivity index is 1.17. The monoisotopic (exact) mass is 438 g/mol. The van der Waals surface area contributed by atoms with Crippen LogP contribution in [0.5, 0.6) is 0 Å². The molecule has 2 aliphatic rings. The van der Waals surface area contributed by atoms with E-state index in [2.05, 4.69) is 50.4 Å². The second-order valence-corrected chi connectivity index (χ2v) is 9.76. The van der Waals surface area contributed by atoms with Crippen LogP contribution in [0.1, 0.15) is 48.0 Å². The zero-order valence-electron chi connectivity index (χ0n) is 18.3. The predicted octanol–water partition coefficient (Wildman–Crippen LogP) is 4.05. The average molecular weight is 439 g/mol. The van der Waals surface area contributed by atoms with E-state index in [1.807, 2.05) is 12.1 Å². The minimum Gasteiger partial charge on any atom is -0.349 e. The van der Waals surface area contributed by atoms with Gasteiger partial charge in [0.15, 0.2) is 0 Å². The van der Waals surface area contributed by atoms with Gasteiger partial charge in [0, 0.05) is 44.2 Å². The van der Waals surface area contributed by atoms with Crippen LogP contribution in [0.4, 0.5) is 0 Å². The standard InChI is InChI=1S/C25H34N4OS/c30-25(27-23-11-15-29(16-12-23)20-21-7-3-1-4-8-21)22-9-10-24(26-19-22)31-18-17-28-13-5-2-6-14-28/h1,3-4,7-10,19,23H,2,5-6,11-18,20H2,(H,27,30). The maximum atomic E-state index is 12.6. The van der Waals surface area contributed by atoms with Gasteiger partial charge in [0.05, 0.1) is 10.6 Å². The van der Waals surface area contributed by atoms with Crippen LogP contribution in [0.3, 0.4) is 0 Å². The summed E-state index contributed by atoms with van der Waals surface area (Å²) in [4.78, 5) is 22.2. The van der Waals surface area contributed by atoms with Crippen molar-refractivity contribution in [2.45, 2.75) is 49.7 Å². The summed E-state index contributed by atoms with van der Waals surface area (Å²) in [7, 11) is 0. The number of carbonyl (C=O) groups excluding carboxylic acids is 1. The highest BCUT2D eigenvalue weighted by Crippen LogP contribution is 2.18. The molecule has 0 aliphatic carbocycles. The number of amides is 1. The van der Waals surface area contributed by atoms with Crippen LogP contribution in [0, 0.1) is 0 Å². The molecule has 0 spiro atoms. The van der Waals surface area contributed by atoms with Crippen molar-refractivity contribution in [1.29, 1.82) is 0 Å². The molecule has 1 N–H and O–H groups in total. The molecule has 0 saturated carbocycles. The van der Waals surface area contributed by atoms with Gasteiger partial charge in [-0.05, 0) is 56.5 Å². The van der Waals surface area contributed by atoms with Crippen molar-refractivity contribution in [2.75, 3.05) is 38.5 Å². The number of nitrogens with one attached hydrogen (secondary N) is 1. The van der Waals surface area contributed by atoms with E-state index < -0.39 is 0 Å². The molecule has 4 rings (SSSR count). The fraction of sp³-hybridized carbons (Fsp3) is 0.520. The Morgan fingerprint density at radius 2 is 1.74 bits per heavy atom. The minimum atomic E-state index is -0.00104. The third-order valence-corrected chi connectivity index (χ3v) is 7.20. The van der Waals surface area contributed by atoms with Crippen LogP contribution in [-0.2, 0) is 6.54 Å². The summed E-state index contributed by atoms with van der Waals surface area (Å²) in [6.45, 7) is 6.62. The van der Waals surface area contributed by atoms with Crippen LogP contribution in [-0.4, -0.2) is 65.2 Å². The molecule has 2 saturated heterocycles. The van der Waals surface area contributed by atoms with Gasteiger partial charge in [-0.2, -0.15) is 0 Å². The Labute approximate surface area is 190 Å². The normalized spacial score (nSPS) is 18.7. The van der Waals surface area contributed by atoms with E-state index in [4.69, 9.17) is 0 Å². The lowest BCUT2D eigenvalue weighted by Crippen LogP contribution is -2.44. The van der Waals surface area contributed by atoms with E-state index in [1.165, 1.54) is 37.9 Å². The summed E-state index contributed by atoms with van der Waals surface area (Å²) in [5.74, 6) is 1.05. The molecule has 31 heavy (non-hydrogen) atoms. The first-order chi connectivity index (χ1) is 15.3. The molecule has 3 heterocycles. The summed E-state index contributed by atoms with van der Waals surface area (Å²) in [6.07, 6.45) is 7.76. The number of pyridine rings is 1. The number of likely N-dealkylation sites (tertiary alicyclic amines) is 2. The lowest BCUT2D eigenvalue weighted by Gasteiger charge is -2.32. The van der Waals surface area contributed by atoms with Gasteiger partial charge in [-0.1, -0.05) is 36.8 Å². The molecule has 0 radical (unpaired) electrons. The summed E-state index contributed by atoms with van der Waals surface area (Å²) >= 11 is 1.78. The fourth-order valence-corrected chi connectivity index (χ4v) is 5.26. The number of aromatic nitrogens is 1. The van der Waals surface area contributed by atoms with Crippen molar-refractivity contribution in [3.63, 3.8) is 0 Å². The molecule has 5 nitrogen and oxygen atoms in total. The molecule has 0 atom stereocenters. The van der Waals surface area contributed by atoms with E-state index in [-0.39, 0.29) is 11.9 Å². The van der Waals surface area contributed by atoms with Gasteiger partial charge in [0.25, 0.3) is 5.91 Å². The molecule has 0 unspecified atom stereocenters. The number of hydrogen-bond donors (Lipinski definition) is 1. The summed E-state index contributed by atoms with van der Waals surface area (Å²) in [5, 5.41) is 4.21. The Hall–Kier alpha value is -1.89.